The Morgan fingerprint density at radius 1 is 1.59 bits per heavy atom. The van der Waals surface area contributed by atoms with E-state index in [9.17, 15) is 9.59 Å². The maximum atomic E-state index is 11.9. The molecular weight excluding hydrogens is 220 g/mol. The number of carbonyl (C=O) groups is 2. The van der Waals surface area contributed by atoms with E-state index < -0.39 is 0 Å². The predicted molar refractivity (Wildman–Crippen MR) is 59.8 cm³/mol. The summed E-state index contributed by atoms with van der Waals surface area (Å²) >= 11 is 0. The van der Waals surface area contributed by atoms with E-state index in [0.717, 1.165) is 6.42 Å². The third-order valence-electron chi connectivity index (χ3n) is 3.21. The summed E-state index contributed by atoms with van der Waals surface area (Å²) in [6.07, 6.45) is 5.46. The van der Waals surface area contributed by atoms with Gasteiger partial charge in [0.2, 0.25) is 11.8 Å². The van der Waals surface area contributed by atoms with Gasteiger partial charge in [0, 0.05) is 12.6 Å². The number of β-lactam (4-membered cyclic amide) rings is 1. The molecule has 17 heavy (non-hydrogen) atoms. The molecule has 0 unspecified atom stereocenters. The van der Waals surface area contributed by atoms with Crippen LogP contribution in [0.1, 0.15) is 12.2 Å². The zero-order valence-corrected chi connectivity index (χ0v) is 9.13. The molecule has 0 bridgehead atoms. The summed E-state index contributed by atoms with van der Waals surface area (Å²) in [7, 11) is 0. The monoisotopic (exact) mass is 232 g/mol. The van der Waals surface area contributed by atoms with E-state index in [1.165, 1.54) is 6.08 Å². The molecule has 0 saturated carbocycles. The fourth-order valence-corrected chi connectivity index (χ4v) is 2.32. The SMILES string of the molecule is O=C1N[C@@H]2CCN(C(=O)/C=C/c3ccco3)[C@H]12. The van der Waals surface area contributed by atoms with E-state index in [1.807, 2.05) is 0 Å². The van der Waals surface area contributed by atoms with Gasteiger partial charge in [0.1, 0.15) is 11.8 Å². The Labute approximate surface area is 98.1 Å². The second-order valence-electron chi connectivity index (χ2n) is 4.23. The number of hydrogen-bond acceptors (Lipinski definition) is 3. The van der Waals surface area contributed by atoms with Crippen LogP contribution in [-0.4, -0.2) is 35.3 Å². The minimum absolute atomic E-state index is 0.0488. The van der Waals surface area contributed by atoms with Gasteiger partial charge in [-0.25, -0.2) is 0 Å². The number of rotatable bonds is 2. The third kappa shape index (κ3) is 1.63. The molecule has 1 N–H and O–H groups in total. The topological polar surface area (TPSA) is 62.6 Å². The number of hydrogen-bond donors (Lipinski definition) is 1. The Morgan fingerprint density at radius 3 is 3.18 bits per heavy atom. The number of furan rings is 1. The fourth-order valence-electron chi connectivity index (χ4n) is 2.32. The van der Waals surface area contributed by atoms with E-state index in [-0.39, 0.29) is 23.9 Å². The highest BCUT2D eigenvalue weighted by atomic mass is 16.3. The van der Waals surface area contributed by atoms with E-state index in [4.69, 9.17) is 4.42 Å². The van der Waals surface area contributed by atoms with Gasteiger partial charge in [0.25, 0.3) is 0 Å². The lowest BCUT2D eigenvalue weighted by Gasteiger charge is -2.35. The summed E-state index contributed by atoms with van der Waals surface area (Å²) < 4.78 is 5.09. The second-order valence-corrected chi connectivity index (χ2v) is 4.23. The van der Waals surface area contributed by atoms with Crippen LogP contribution in [0.15, 0.2) is 28.9 Å². The van der Waals surface area contributed by atoms with Crippen LogP contribution < -0.4 is 5.32 Å². The van der Waals surface area contributed by atoms with Gasteiger partial charge in [0.05, 0.1) is 12.3 Å². The maximum absolute atomic E-state index is 11.9. The molecule has 0 aliphatic carbocycles. The van der Waals surface area contributed by atoms with Gasteiger partial charge in [-0.05, 0) is 24.6 Å². The molecule has 2 aliphatic heterocycles. The molecular formula is C12H12N2O3. The molecule has 2 atom stereocenters. The molecule has 0 spiro atoms. The molecule has 0 aromatic carbocycles. The Balaban J connectivity index is 1.69. The predicted octanol–water partition coefficient (Wildman–Crippen LogP) is 0.392. The van der Waals surface area contributed by atoms with Gasteiger partial charge in [-0.3, -0.25) is 9.59 Å². The molecule has 5 nitrogen and oxygen atoms in total. The molecule has 0 radical (unpaired) electrons. The first-order chi connectivity index (χ1) is 8.25. The van der Waals surface area contributed by atoms with Crippen molar-refractivity contribution >= 4 is 17.9 Å². The van der Waals surface area contributed by atoms with Gasteiger partial charge < -0.3 is 14.6 Å². The lowest BCUT2D eigenvalue weighted by molar-refractivity contribution is -0.141. The largest absolute Gasteiger partial charge is 0.465 e. The van der Waals surface area contributed by atoms with Crippen molar-refractivity contribution < 1.29 is 14.0 Å². The molecule has 1 aromatic rings. The Bertz CT molecular complexity index is 478. The normalized spacial score (nSPS) is 26.8. The maximum Gasteiger partial charge on any atom is 0.247 e. The van der Waals surface area contributed by atoms with Crippen molar-refractivity contribution in [3.8, 4) is 0 Å². The number of nitrogens with zero attached hydrogens (tertiary/aromatic N) is 1. The summed E-state index contributed by atoms with van der Waals surface area (Å²) in [5.41, 5.74) is 0. The number of amides is 2. The first kappa shape index (κ1) is 10.1. The van der Waals surface area contributed by atoms with Crippen LogP contribution in [-0.2, 0) is 9.59 Å². The molecule has 5 heteroatoms. The lowest BCUT2D eigenvalue weighted by atomic mass is 10.0. The Morgan fingerprint density at radius 2 is 2.47 bits per heavy atom. The van der Waals surface area contributed by atoms with Crippen LogP contribution in [0, 0.1) is 0 Å². The van der Waals surface area contributed by atoms with E-state index in [1.54, 1.807) is 29.4 Å². The molecule has 88 valence electrons. The zero-order chi connectivity index (χ0) is 11.8. The van der Waals surface area contributed by atoms with Crippen molar-refractivity contribution in [1.82, 2.24) is 10.2 Å². The minimum atomic E-state index is -0.260. The van der Waals surface area contributed by atoms with Crippen LogP contribution in [0.2, 0.25) is 0 Å². The smallest absolute Gasteiger partial charge is 0.247 e. The van der Waals surface area contributed by atoms with E-state index in [2.05, 4.69) is 5.32 Å². The van der Waals surface area contributed by atoms with Crippen molar-refractivity contribution in [1.29, 1.82) is 0 Å². The number of likely N-dealkylation sites (tertiary alicyclic amines) is 1. The fraction of sp³-hybridized carbons (Fsp3) is 0.333. The molecule has 3 heterocycles. The summed E-state index contributed by atoms with van der Waals surface area (Å²) in [6.45, 7) is 0.634. The Kier molecular flexibility index (Phi) is 2.24. The molecule has 2 amide bonds. The minimum Gasteiger partial charge on any atom is -0.465 e. The van der Waals surface area contributed by atoms with Gasteiger partial charge in [0.15, 0.2) is 0 Å². The standard InChI is InChI=1S/C12H12N2O3/c15-10(4-3-8-2-1-7-17-8)14-6-5-9-11(14)12(16)13-9/h1-4,7,9,11H,5-6H2,(H,13,16)/b4-3+/t9-,11+/m1/s1. The quantitative estimate of drug-likeness (QED) is 0.592. The van der Waals surface area contributed by atoms with Crippen molar-refractivity contribution in [2.24, 2.45) is 0 Å². The highest BCUT2D eigenvalue weighted by molar-refractivity contribution is 5.98. The average Bonchev–Trinajstić information content (AvgIpc) is 2.91. The molecule has 1 aromatic heterocycles. The number of carbonyl (C=O) groups excluding carboxylic acids is 2. The van der Waals surface area contributed by atoms with Crippen molar-refractivity contribution in [2.45, 2.75) is 18.5 Å². The second kappa shape index (κ2) is 3.76. The van der Waals surface area contributed by atoms with Crippen LogP contribution in [0.5, 0.6) is 0 Å². The molecule has 2 saturated heterocycles. The highest BCUT2D eigenvalue weighted by Gasteiger charge is 2.49. The van der Waals surface area contributed by atoms with Gasteiger partial charge in [-0.2, -0.15) is 0 Å². The van der Waals surface area contributed by atoms with Crippen LogP contribution >= 0.6 is 0 Å². The summed E-state index contributed by atoms with van der Waals surface area (Å²) in [5, 5.41) is 2.78. The molecule has 2 fully saturated rings. The van der Waals surface area contributed by atoms with Gasteiger partial charge in [-0.1, -0.05) is 0 Å². The molecule has 3 rings (SSSR count). The molecule has 2 aliphatic rings. The van der Waals surface area contributed by atoms with Crippen LogP contribution in [0.4, 0.5) is 0 Å². The lowest BCUT2D eigenvalue weighted by Crippen LogP contribution is -2.64. The van der Waals surface area contributed by atoms with Crippen molar-refractivity contribution in [3.05, 3.63) is 30.2 Å². The summed E-state index contributed by atoms with van der Waals surface area (Å²) in [6, 6.07) is 3.43. The zero-order valence-electron chi connectivity index (χ0n) is 9.13. The van der Waals surface area contributed by atoms with Crippen LogP contribution in [0.25, 0.3) is 6.08 Å². The first-order valence-electron chi connectivity index (χ1n) is 5.58. The third-order valence-corrected chi connectivity index (χ3v) is 3.21. The average molecular weight is 232 g/mol. The summed E-state index contributed by atoms with van der Waals surface area (Å²) in [5.74, 6) is 0.447. The highest BCUT2D eigenvalue weighted by Crippen LogP contribution is 2.25. The number of nitrogens with one attached hydrogen (secondary N) is 1. The van der Waals surface area contributed by atoms with E-state index >= 15 is 0 Å². The van der Waals surface area contributed by atoms with Gasteiger partial charge >= 0.3 is 0 Å². The summed E-state index contributed by atoms with van der Waals surface area (Å²) in [4.78, 5) is 24.8. The Hall–Kier alpha value is -2.04. The van der Waals surface area contributed by atoms with Gasteiger partial charge in [-0.15, -0.1) is 0 Å². The van der Waals surface area contributed by atoms with Crippen molar-refractivity contribution in [2.75, 3.05) is 6.54 Å². The number of fused-ring (bicyclic) bond motifs is 1. The van der Waals surface area contributed by atoms with Crippen LogP contribution in [0.3, 0.4) is 0 Å². The van der Waals surface area contributed by atoms with Crippen molar-refractivity contribution in [3.63, 3.8) is 0 Å². The first-order valence-corrected chi connectivity index (χ1v) is 5.58. The van der Waals surface area contributed by atoms with E-state index in [0.29, 0.717) is 12.3 Å².